The number of aromatic nitrogens is 1. The topological polar surface area (TPSA) is 45.4 Å². The molecule has 0 saturated carbocycles. The molecular formula is C17H30N4. The molecule has 4 nitrogen and oxygen atoms in total. The normalized spacial score (nSPS) is 20.6. The van der Waals surface area contributed by atoms with Crippen LogP contribution in [0.25, 0.3) is 0 Å². The van der Waals surface area contributed by atoms with Crippen molar-refractivity contribution in [2.75, 3.05) is 33.7 Å². The van der Waals surface area contributed by atoms with Gasteiger partial charge in [0.25, 0.3) is 0 Å². The first-order valence-electron chi connectivity index (χ1n) is 8.16. The van der Waals surface area contributed by atoms with Gasteiger partial charge in [0.2, 0.25) is 0 Å². The summed E-state index contributed by atoms with van der Waals surface area (Å²) in [5.74, 6) is 0.791. The Morgan fingerprint density at radius 1 is 1.33 bits per heavy atom. The van der Waals surface area contributed by atoms with Crippen molar-refractivity contribution in [3.8, 4) is 0 Å². The highest BCUT2D eigenvalue weighted by Gasteiger charge is 2.26. The number of pyridine rings is 1. The Hall–Kier alpha value is -0.970. The molecule has 1 fully saturated rings. The van der Waals surface area contributed by atoms with Crippen LogP contribution in [-0.2, 0) is 0 Å². The molecular weight excluding hydrogens is 260 g/mol. The molecule has 2 N–H and O–H groups in total. The molecule has 0 amide bonds. The Morgan fingerprint density at radius 3 is 2.52 bits per heavy atom. The average molecular weight is 290 g/mol. The van der Waals surface area contributed by atoms with Gasteiger partial charge in [-0.05, 0) is 70.1 Å². The van der Waals surface area contributed by atoms with Gasteiger partial charge in [0.15, 0.2) is 0 Å². The van der Waals surface area contributed by atoms with Crippen LogP contribution in [0, 0.1) is 5.92 Å². The zero-order valence-electron chi connectivity index (χ0n) is 13.7. The van der Waals surface area contributed by atoms with Gasteiger partial charge in [-0.15, -0.1) is 0 Å². The lowest BCUT2D eigenvalue weighted by molar-refractivity contribution is 0.136. The zero-order chi connectivity index (χ0) is 15.2. The minimum absolute atomic E-state index is 0.170. The van der Waals surface area contributed by atoms with Crippen LogP contribution in [0.2, 0.25) is 0 Å². The summed E-state index contributed by atoms with van der Waals surface area (Å²) in [5.41, 5.74) is 7.69. The summed E-state index contributed by atoms with van der Waals surface area (Å²) in [4.78, 5) is 9.01. The fourth-order valence-electron chi connectivity index (χ4n) is 3.38. The van der Waals surface area contributed by atoms with Crippen molar-refractivity contribution in [2.45, 2.75) is 38.3 Å². The molecule has 1 aromatic rings. The van der Waals surface area contributed by atoms with Crippen molar-refractivity contribution in [1.29, 1.82) is 0 Å². The monoisotopic (exact) mass is 290 g/mol. The molecule has 1 aromatic heterocycles. The lowest BCUT2D eigenvalue weighted by Crippen LogP contribution is -2.42. The van der Waals surface area contributed by atoms with E-state index < -0.39 is 0 Å². The SMILES string of the molecule is CCC(N)C(c1ccncc1)N(C)CC1CCN(C)CC1. The fraction of sp³-hybridized carbons (Fsp3) is 0.706. The molecule has 4 heteroatoms. The van der Waals surface area contributed by atoms with E-state index in [1.807, 2.05) is 12.4 Å². The molecule has 1 aliphatic heterocycles. The number of nitrogens with two attached hydrogens (primary N) is 1. The molecule has 2 unspecified atom stereocenters. The number of piperidine rings is 1. The minimum atomic E-state index is 0.170. The summed E-state index contributed by atoms with van der Waals surface area (Å²) < 4.78 is 0. The second-order valence-electron chi connectivity index (χ2n) is 6.48. The number of likely N-dealkylation sites (tertiary alicyclic amines) is 1. The van der Waals surface area contributed by atoms with Crippen LogP contribution in [0.4, 0.5) is 0 Å². The van der Waals surface area contributed by atoms with Crippen LogP contribution in [0.3, 0.4) is 0 Å². The van der Waals surface area contributed by atoms with E-state index in [1.54, 1.807) is 0 Å². The van der Waals surface area contributed by atoms with Crippen LogP contribution in [0.1, 0.15) is 37.8 Å². The second kappa shape index (κ2) is 7.87. The largest absolute Gasteiger partial charge is 0.326 e. The molecule has 0 radical (unpaired) electrons. The highest BCUT2D eigenvalue weighted by atomic mass is 15.2. The number of likely N-dealkylation sites (N-methyl/N-ethyl adjacent to an activating group) is 1. The van der Waals surface area contributed by atoms with E-state index in [4.69, 9.17) is 5.73 Å². The molecule has 0 spiro atoms. The smallest absolute Gasteiger partial charge is 0.0497 e. The predicted octanol–water partition coefficient (Wildman–Crippen LogP) is 2.13. The summed E-state index contributed by atoms with van der Waals surface area (Å²) in [7, 11) is 4.44. The minimum Gasteiger partial charge on any atom is -0.326 e. The summed E-state index contributed by atoms with van der Waals surface area (Å²) in [6, 6.07) is 4.66. The third-order valence-corrected chi connectivity index (χ3v) is 4.78. The van der Waals surface area contributed by atoms with E-state index in [0.717, 1.165) is 18.9 Å². The number of hydrogen-bond donors (Lipinski definition) is 1. The van der Waals surface area contributed by atoms with Gasteiger partial charge in [-0.1, -0.05) is 6.92 Å². The lowest BCUT2D eigenvalue weighted by Gasteiger charge is -2.37. The molecule has 0 bridgehead atoms. The number of nitrogens with zero attached hydrogens (tertiary/aromatic N) is 3. The van der Waals surface area contributed by atoms with E-state index in [9.17, 15) is 0 Å². The van der Waals surface area contributed by atoms with Gasteiger partial charge in [-0.25, -0.2) is 0 Å². The molecule has 2 rings (SSSR count). The quantitative estimate of drug-likeness (QED) is 0.872. The van der Waals surface area contributed by atoms with E-state index in [1.165, 1.54) is 31.5 Å². The third kappa shape index (κ3) is 4.50. The van der Waals surface area contributed by atoms with Crippen molar-refractivity contribution in [3.05, 3.63) is 30.1 Å². The first-order chi connectivity index (χ1) is 10.1. The Labute approximate surface area is 129 Å². The summed E-state index contributed by atoms with van der Waals surface area (Å²) in [6.45, 7) is 5.74. The fourth-order valence-corrected chi connectivity index (χ4v) is 3.38. The number of hydrogen-bond acceptors (Lipinski definition) is 4. The van der Waals surface area contributed by atoms with Gasteiger partial charge in [0.1, 0.15) is 0 Å². The van der Waals surface area contributed by atoms with Crippen LogP contribution in [-0.4, -0.2) is 54.6 Å². The number of rotatable bonds is 6. The maximum absolute atomic E-state index is 6.41. The Bertz CT molecular complexity index is 401. The molecule has 1 saturated heterocycles. The highest BCUT2D eigenvalue weighted by Crippen LogP contribution is 2.26. The molecule has 2 heterocycles. The molecule has 0 aliphatic carbocycles. The summed E-state index contributed by atoms with van der Waals surface area (Å²) >= 11 is 0. The zero-order valence-corrected chi connectivity index (χ0v) is 13.7. The van der Waals surface area contributed by atoms with Crippen LogP contribution >= 0.6 is 0 Å². The Balaban J connectivity index is 2.03. The molecule has 0 aromatic carbocycles. The van der Waals surface area contributed by atoms with Gasteiger partial charge in [-0.2, -0.15) is 0 Å². The second-order valence-corrected chi connectivity index (χ2v) is 6.48. The first-order valence-corrected chi connectivity index (χ1v) is 8.16. The summed E-state index contributed by atoms with van der Waals surface area (Å²) in [5, 5.41) is 0. The van der Waals surface area contributed by atoms with Crippen molar-refractivity contribution in [2.24, 2.45) is 11.7 Å². The van der Waals surface area contributed by atoms with E-state index in [-0.39, 0.29) is 12.1 Å². The molecule has 118 valence electrons. The first kappa shape index (κ1) is 16.4. The van der Waals surface area contributed by atoms with Crippen molar-refractivity contribution in [3.63, 3.8) is 0 Å². The summed E-state index contributed by atoms with van der Waals surface area (Å²) in [6.07, 6.45) is 7.32. The van der Waals surface area contributed by atoms with Crippen molar-refractivity contribution in [1.82, 2.24) is 14.8 Å². The van der Waals surface area contributed by atoms with Gasteiger partial charge in [0.05, 0.1) is 0 Å². The Kier molecular flexibility index (Phi) is 6.15. The van der Waals surface area contributed by atoms with Crippen LogP contribution in [0.5, 0.6) is 0 Å². The molecule has 2 atom stereocenters. The van der Waals surface area contributed by atoms with E-state index in [2.05, 4.69) is 47.9 Å². The van der Waals surface area contributed by atoms with E-state index in [0.29, 0.717) is 0 Å². The maximum atomic E-state index is 6.41. The van der Waals surface area contributed by atoms with Crippen molar-refractivity contribution < 1.29 is 0 Å². The van der Waals surface area contributed by atoms with Gasteiger partial charge < -0.3 is 10.6 Å². The van der Waals surface area contributed by atoms with Gasteiger partial charge >= 0.3 is 0 Å². The average Bonchev–Trinajstić information content (AvgIpc) is 2.50. The van der Waals surface area contributed by atoms with Gasteiger partial charge in [-0.3, -0.25) is 9.88 Å². The van der Waals surface area contributed by atoms with Gasteiger partial charge in [0, 0.05) is 31.0 Å². The van der Waals surface area contributed by atoms with E-state index >= 15 is 0 Å². The third-order valence-electron chi connectivity index (χ3n) is 4.78. The standard InChI is InChI=1S/C17H30N4/c1-4-16(18)17(15-5-9-19-10-6-15)21(3)13-14-7-11-20(2)12-8-14/h5-6,9-10,14,16-17H,4,7-8,11-13,18H2,1-3H3. The van der Waals surface area contributed by atoms with Crippen molar-refractivity contribution >= 4 is 0 Å². The molecule has 21 heavy (non-hydrogen) atoms. The molecule has 1 aliphatic rings. The lowest BCUT2D eigenvalue weighted by atomic mass is 9.93. The van der Waals surface area contributed by atoms with Crippen LogP contribution in [0.15, 0.2) is 24.5 Å². The highest BCUT2D eigenvalue weighted by molar-refractivity contribution is 5.17. The maximum Gasteiger partial charge on any atom is 0.0497 e. The Morgan fingerprint density at radius 2 is 1.95 bits per heavy atom. The van der Waals surface area contributed by atoms with Crippen LogP contribution < -0.4 is 5.73 Å². The predicted molar refractivity (Wildman–Crippen MR) is 88.1 cm³/mol.